The first-order valence-corrected chi connectivity index (χ1v) is 14.0. The zero-order chi connectivity index (χ0) is 25.4. The van der Waals surface area contributed by atoms with Crippen LogP contribution in [0.25, 0.3) is 0 Å². The second kappa shape index (κ2) is 10.3. The molecule has 1 saturated carbocycles. The highest BCUT2D eigenvalue weighted by molar-refractivity contribution is 9.09. The molecule has 0 bridgehead atoms. The van der Waals surface area contributed by atoms with Crippen LogP contribution in [-0.4, -0.2) is 33.4 Å². The molecule has 5 nitrogen and oxygen atoms in total. The van der Waals surface area contributed by atoms with Crippen LogP contribution < -0.4 is 5.32 Å². The maximum absolute atomic E-state index is 13.8. The molecule has 0 spiro atoms. The highest BCUT2D eigenvalue weighted by atomic mass is 79.9. The zero-order valence-electron chi connectivity index (χ0n) is 20.5. The van der Waals surface area contributed by atoms with Crippen LogP contribution in [0.15, 0.2) is 96.1 Å². The van der Waals surface area contributed by atoms with E-state index >= 15 is 0 Å². The molecule has 6 unspecified atom stereocenters. The van der Waals surface area contributed by atoms with E-state index in [9.17, 15) is 9.59 Å². The molecule has 6 atom stereocenters. The quantitative estimate of drug-likeness (QED) is 0.396. The molecule has 2 heterocycles. The topological polar surface area (TPSA) is 61.8 Å². The first-order valence-electron chi connectivity index (χ1n) is 13.1. The monoisotopic (exact) mass is 555 g/mol. The Bertz CT molecular complexity index is 1300. The summed E-state index contributed by atoms with van der Waals surface area (Å²) in [5.41, 5.74) is 3.58. The van der Waals surface area contributed by atoms with Crippen LogP contribution in [0.5, 0.6) is 0 Å². The van der Waals surface area contributed by atoms with Gasteiger partial charge in [-0.2, -0.15) is 5.10 Å². The molecule has 3 aromatic rings. The fourth-order valence-electron chi connectivity index (χ4n) is 6.44. The number of alkyl halides is 1. The van der Waals surface area contributed by atoms with Crippen LogP contribution in [0.2, 0.25) is 0 Å². The molecule has 2 fully saturated rings. The molecular weight excluding hydrogens is 526 g/mol. The molecule has 2 aliphatic heterocycles. The second-order valence-corrected chi connectivity index (χ2v) is 11.6. The lowest BCUT2D eigenvalue weighted by atomic mass is 9.64. The van der Waals surface area contributed by atoms with Crippen molar-refractivity contribution in [2.75, 3.05) is 0 Å². The van der Waals surface area contributed by atoms with Crippen molar-refractivity contribution in [3.8, 4) is 0 Å². The summed E-state index contributed by atoms with van der Waals surface area (Å²) in [4.78, 5) is 27.9. The lowest BCUT2D eigenvalue weighted by molar-refractivity contribution is -0.128. The maximum atomic E-state index is 13.8. The number of hydrazone groups is 1. The van der Waals surface area contributed by atoms with E-state index in [1.54, 1.807) is 5.01 Å². The van der Waals surface area contributed by atoms with E-state index in [-0.39, 0.29) is 29.8 Å². The predicted octanol–water partition coefficient (Wildman–Crippen LogP) is 6.09. The molecule has 3 aliphatic rings. The summed E-state index contributed by atoms with van der Waals surface area (Å²) < 4.78 is 0. The number of carbonyl (C=O) groups excluding carboxylic acids is 2. The summed E-state index contributed by atoms with van der Waals surface area (Å²) in [6.07, 6.45) is 3.58. The number of rotatable bonds is 4. The Labute approximate surface area is 226 Å². The molecule has 37 heavy (non-hydrogen) atoms. The average molecular weight is 557 g/mol. The standard InChI is InChI=1S/C31H30BrN3O2/c32-23-16-17-25-24(18-23)28(21-12-6-2-7-13-21)29(30(36)33-25)26-19-27(20-10-4-1-5-11-20)35(34-26)31(37)22-14-8-3-9-15-22/h1-15,23-25,27-29H,16-19H2,(H,33,36). The van der Waals surface area contributed by atoms with E-state index in [4.69, 9.17) is 5.10 Å². The summed E-state index contributed by atoms with van der Waals surface area (Å²) in [6, 6.07) is 29.6. The average Bonchev–Trinajstić information content (AvgIpc) is 3.38. The van der Waals surface area contributed by atoms with Gasteiger partial charge in [0.25, 0.3) is 5.91 Å². The van der Waals surface area contributed by atoms with Crippen LogP contribution in [0.3, 0.4) is 0 Å². The van der Waals surface area contributed by atoms with Crippen LogP contribution >= 0.6 is 15.9 Å². The molecule has 6 rings (SSSR count). The SMILES string of the molecule is O=C1NC2CCC(Br)CC2C(c2ccccc2)C1C1=NN(C(=O)c2ccccc2)C(c2ccccc2)C1. The zero-order valence-corrected chi connectivity index (χ0v) is 22.1. The number of carbonyl (C=O) groups is 2. The Kier molecular flexibility index (Phi) is 6.68. The Hall–Kier alpha value is -3.25. The molecule has 1 saturated heterocycles. The van der Waals surface area contributed by atoms with Crippen molar-refractivity contribution in [1.82, 2.24) is 10.3 Å². The Morgan fingerprint density at radius 3 is 2.16 bits per heavy atom. The Balaban J connectivity index is 1.42. The molecule has 3 aromatic carbocycles. The van der Waals surface area contributed by atoms with E-state index in [0.717, 1.165) is 30.5 Å². The fourth-order valence-corrected chi connectivity index (χ4v) is 7.14. The van der Waals surface area contributed by atoms with Gasteiger partial charge in [0.05, 0.1) is 17.7 Å². The highest BCUT2D eigenvalue weighted by Gasteiger charge is 2.50. The molecule has 0 radical (unpaired) electrons. The van der Waals surface area contributed by atoms with E-state index in [0.29, 0.717) is 22.7 Å². The van der Waals surface area contributed by atoms with Crippen LogP contribution in [0, 0.1) is 11.8 Å². The summed E-state index contributed by atoms with van der Waals surface area (Å²) in [7, 11) is 0. The molecule has 1 N–H and O–H groups in total. The van der Waals surface area contributed by atoms with Gasteiger partial charge in [0, 0.05) is 28.8 Å². The van der Waals surface area contributed by atoms with E-state index in [2.05, 4.69) is 45.5 Å². The fraction of sp³-hybridized carbons (Fsp3) is 0.323. The smallest absolute Gasteiger partial charge is 0.274 e. The number of halogens is 1. The molecule has 6 heteroatoms. The minimum Gasteiger partial charge on any atom is -0.352 e. The van der Waals surface area contributed by atoms with Crippen molar-refractivity contribution in [3.05, 3.63) is 108 Å². The molecular formula is C31H30BrN3O2. The van der Waals surface area contributed by atoms with Gasteiger partial charge in [-0.1, -0.05) is 94.8 Å². The number of hydrogen-bond donors (Lipinski definition) is 1. The molecule has 188 valence electrons. The normalized spacial score (nSPS) is 29.3. The van der Waals surface area contributed by atoms with Gasteiger partial charge in [0.1, 0.15) is 0 Å². The number of nitrogens with one attached hydrogen (secondary N) is 1. The third-order valence-corrected chi connectivity index (χ3v) is 8.99. The largest absolute Gasteiger partial charge is 0.352 e. The van der Waals surface area contributed by atoms with Gasteiger partial charge >= 0.3 is 0 Å². The van der Waals surface area contributed by atoms with Crippen molar-refractivity contribution in [3.63, 3.8) is 0 Å². The summed E-state index contributed by atoms with van der Waals surface area (Å²) in [5, 5.41) is 9.92. The van der Waals surface area contributed by atoms with Gasteiger partial charge in [-0.15, -0.1) is 0 Å². The van der Waals surface area contributed by atoms with Gasteiger partial charge in [-0.05, 0) is 48.4 Å². The Morgan fingerprint density at radius 1 is 0.865 bits per heavy atom. The number of hydrogen-bond acceptors (Lipinski definition) is 3. The third-order valence-electron chi connectivity index (χ3n) is 8.16. The Morgan fingerprint density at radius 2 is 1.49 bits per heavy atom. The summed E-state index contributed by atoms with van der Waals surface area (Å²) in [5.74, 6) is -0.209. The molecule has 2 amide bonds. The lowest BCUT2D eigenvalue weighted by Gasteiger charge is -2.46. The van der Waals surface area contributed by atoms with E-state index < -0.39 is 5.92 Å². The van der Waals surface area contributed by atoms with Gasteiger partial charge in [0.15, 0.2) is 0 Å². The van der Waals surface area contributed by atoms with Gasteiger partial charge in [-0.3, -0.25) is 9.59 Å². The minimum absolute atomic E-state index is 0.0160. The van der Waals surface area contributed by atoms with Gasteiger partial charge in [-0.25, -0.2) is 5.01 Å². The first-order chi connectivity index (χ1) is 18.1. The third kappa shape index (κ3) is 4.63. The lowest BCUT2D eigenvalue weighted by Crippen LogP contribution is -2.57. The van der Waals surface area contributed by atoms with Crippen molar-refractivity contribution < 1.29 is 9.59 Å². The molecule has 1 aliphatic carbocycles. The van der Waals surface area contributed by atoms with E-state index in [1.165, 1.54) is 5.56 Å². The van der Waals surface area contributed by atoms with E-state index in [1.807, 2.05) is 66.7 Å². The van der Waals surface area contributed by atoms with Gasteiger partial charge in [0.2, 0.25) is 5.91 Å². The van der Waals surface area contributed by atoms with Gasteiger partial charge < -0.3 is 5.32 Å². The number of piperidine rings is 1. The van der Waals surface area contributed by atoms with Crippen molar-refractivity contribution in [2.24, 2.45) is 16.9 Å². The second-order valence-electron chi connectivity index (χ2n) is 10.3. The first kappa shape index (κ1) is 24.1. The predicted molar refractivity (Wildman–Crippen MR) is 149 cm³/mol. The minimum atomic E-state index is -0.416. The summed E-state index contributed by atoms with van der Waals surface area (Å²) in [6.45, 7) is 0. The van der Waals surface area contributed by atoms with Crippen LogP contribution in [0.1, 0.15) is 59.1 Å². The van der Waals surface area contributed by atoms with Crippen molar-refractivity contribution >= 4 is 33.5 Å². The number of fused-ring (bicyclic) bond motifs is 1. The molecule has 0 aromatic heterocycles. The van der Waals surface area contributed by atoms with Crippen LogP contribution in [-0.2, 0) is 4.79 Å². The summed E-state index contributed by atoms with van der Waals surface area (Å²) >= 11 is 3.87. The highest BCUT2D eigenvalue weighted by Crippen LogP contribution is 2.48. The van der Waals surface area contributed by atoms with Crippen LogP contribution in [0.4, 0.5) is 0 Å². The number of nitrogens with zero attached hydrogens (tertiary/aromatic N) is 2. The number of amides is 2. The van der Waals surface area contributed by atoms with Crippen molar-refractivity contribution in [1.29, 1.82) is 0 Å². The van der Waals surface area contributed by atoms with Crippen molar-refractivity contribution in [2.45, 2.75) is 48.5 Å². The maximum Gasteiger partial charge on any atom is 0.274 e. The number of benzene rings is 3.